The summed E-state index contributed by atoms with van der Waals surface area (Å²) in [4.78, 5) is 4.93. The van der Waals surface area contributed by atoms with E-state index in [1.165, 1.54) is 109 Å². The van der Waals surface area contributed by atoms with E-state index in [1.54, 1.807) is 0 Å². The first-order chi connectivity index (χ1) is 14.1. The van der Waals surface area contributed by atoms with Gasteiger partial charge in [-0.2, -0.15) is 0 Å². The zero-order valence-corrected chi connectivity index (χ0v) is 20.5. The third kappa shape index (κ3) is 13.0. The fraction of sp³-hybridized carbons (Fsp3) is 1.00. The van der Waals surface area contributed by atoms with Gasteiger partial charge in [-0.15, -0.1) is 0 Å². The molecule has 0 heterocycles. The van der Waals surface area contributed by atoms with Crippen LogP contribution >= 0.6 is 0 Å². The largest absolute Gasteiger partial charge is 0.390 e. The van der Waals surface area contributed by atoms with Crippen molar-refractivity contribution >= 4 is 0 Å². The molecule has 0 amide bonds. The Labute approximate surface area is 183 Å². The fourth-order valence-corrected chi connectivity index (χ4v) is 5.15. The highest BCUT2D eigenvalue weighted by molar-refractivity contribution is 4.77. The predicted molar refractivity (Wildman–Crippen MR) is 129 cm³/mol. The van der Waals surface area contributed by atoms with Gasteiger partial charge in [0.05, 0.1) is 6.10 Å². The van der Waals surface area contributed by atoms with Gasteiger partial charge < -0.3 is 14.9 Å². The summed E-state index contributed by atoms with van der Waals surface area (Å²) < 4.78 is 0. The van der Waals surface area contributed by atoms with Gasteiger partial charge in [-0.25, -0.2) is 0 Å². The molecular weight excluding hydrogens is 356 g/mol. The van der Waals surface area contributed by atoms with Crippen molar-refractivity contribution in [2.75, 3.05) is 27.2 Å². The van der Waals surface area contributed by atoms with Crippen molar-refractivity contribution in [3.05, 3.63) is 0 Å². The first kappa shape index (κ1) is 26.9. The normalized spacial score (nSPS) is 20.0. The molecular formula is C26H54N2O. The molecule has 0 aromatic rings. The van der Waals surface area contributed by atoms with Crippen molar-refractivity contribution in [3.8, 4) is 0 Å². The van der Waals surface area contributed by atoms with Crippen LogP contribution in [-0.2, 0) is 0 Å². The van der Waals surface area contributed by atoms with Crippen LogP contribution in [0.3, 0.4) is 0 Å². The second kappa shape index (κ2) is 17.5. The zero-order chi connectivity index (χ0) is 21.3. The van der Waals surface area contributed by atoms with Crippen molar-refractivity contribution in [1.82, 2.24) is 9.80 Å². The Hall–Kier alpha value is -0.120. The molecule has 1 aliphatic rings. The lowest BCUT2D eigenvalue weighted by atomic mass is 10.0. The minimum atomic E-state index is -0.238. The summed E-state index contributed by atoms with van der Waals surface area (Å²) >= 11 is 0. The molecule has 0 radical (unpaired) electrons. The van der Waals surface area contributed by atoms with Crippen molar-refractivity contribution in [3.63, 3.8) is 0 Å². The summed E-state index contributed by atoms with van der Waals surface area (Å²) in [5.74, 6) is 0. The third-order valence-electron chi connectivity index (χ3n) is 7.08. The fourth-order valence-electron chi connectivity index (χ4n) is 5.15. The van der Waals surface area contributed by atoms with Crippen LogP contribution < -0.4 is 0 Å². The molecule has 0 aromatic heterocycles. The van der Waals surface area contributed by atoms with Crippen LogP contribution in [0, 0.1) is 0 Å². The van der Waals surface area contributed by atoms with Crippen molar-refractivity contribution in [1.29, 1.82) is 0 Å². The molecule has 3 nitrogen and oxygen atoms in total. The van der Waals surface area contributed by atoms with Gasteiger partial charge in [-0.3, -0.25) is 0 Å². The smallest absolute Gasteiger partial charge is 0.0793 e. The summed E-state index contributed by atoms with van der Waals surface area (Å²) in [5.41, 5.74) is 0. The quantitative estimate of drug-likeness (QED) is 0.345. The van der Waals surface area contributed by atoms with Gasteiger partial charge in [0, 0.05) is 25.2 Å². The van der Waals surface area contributed by atoms with Crippen LogP contribution in [0.15, 0.2) is 0 Å². The number of unbranched alkanes of at least 4 members (excludes halogenated alkanes) is 3. The Morgan fingerprint density at radius 1 is 0.724 bits per heavy atom. The highest BCUT2D eigenvalue weighted by Gasteiger charge is 2.21. The van der Waals surface area contributed by atoms with Crippen LogP contribution in [0.2, 0.25) is 0 Å². The number of aliphatic hydroxyl groups excluding tert-OH is 1. The number of rotatable bonds is 13. The Morgan fingerprint density at radius 3 is 1.86 bits per heavy atom. The van der Waals surface area contributed by atoms with Gasteiger partial charge in [0.15, 0.2) is 0 Å². The molecule has 2 unspecified atom stereocenters. The van der Waals surface area contributed by atoms with Gasteiger partial charge in [-0.1, -0.05) is 97.3 Å². The minimum absolute atomic E-state index is 0.238. The first-order valence-corrected chi connectivity index (χ1v) is 13.2. The Balaban J connectivity index is 2.43. The highest BCUT2D eigenvalue weighted by atomic mass is 16.3. The molecule has 29 heavy (non-hydrogen) atoms. The van der Waals surface area contributed by atoms with Gasteiger partial charge >= 0.3 is 0 Å². The monoisotopic (exact) mass is 410 g/mol. The van der Waals surface area contributed by atoms with Crippen LogP contribution in [-0.4, -0.2) is 60.3 Å². The summed E-state index contributed by atoms with van der Waals surface area (Å²) in [6, 6.07) is 1.29. The van der Waals surface area contributed by atoms with E-state index >= 15 is 0 Å². The number of likely N-dealkylation sites (N-methyl/N-ethyl adjacent to an activating group) is 2. The molecule has 2 atom stereocenters. The van der Waals surface area contributed by atoms with Crippen LogP contribution in [0.5, 0.6) is 0 Å². The van der Waals surface area contributed by atoms with Crippen LogP contribution in [0.4, 0.5) is 0 Å². The van der Waals surface area contributed by atoms with Crippen molar-refractivity contribution in [2.24, 2.45) is 0 Å². The summed E-state index contributed by atoms with van der Waals surface area (Å²) in [7, 11) is 4.48. The molecule has 0 aromatic carbocycles. The maximum absolute atomic E-state index is 10.8. The maximum atomic E-state index is 10.8. The molecule has 1 aliphatic carbocycles. The van der Waals surface area contributed by atoms with E-state index in [0.717, 1.165) is 13.1 Å². The van der Waals surface area contributed by atoms with Crippen molar-refractivity contribution in [2.45, 2.75) is 141 Å². The van der Waals surface area contributed by atoms with E-state index in [2.05, 4.69) is 37.7 Å². The average molecular weight is 411 g/mol. The molecule has 1 N–H and O–H groups in total. The van der Waals surface area contributed by atoms with Gasteiger partial charge in [-0.05, 0) is 39.8 Å². The standard InChI is InChI=1S/C26H54N2O/c1-5-7-8-15-19-24(18-6-2)27(3)22-26(29)23-28(4)25-20-16-13-11-9-10-12-14-17-21-25/h24-26,29H,5-23H2,1-4H3. The van der Waals surface area contributed by atoms with Crippen LogP contribution in [0.1, 0.15) is 123 Å². The lowest BCUT2D eigenvalue weighted by molar-refractivity contribution is 0.0564. The maximum Gasteiger partial charge on any atom is 0.0793 e. The van der Waals surface area contributed by atoms with E-state index in [1.807, 2.05) is 0 Å². The molecule has 1 fully saturated rings. The molecule has 0 aliphatic heterocycles. The van der Waals surface area contributed by atoms with E-state index < -0.39 is 0 Å². The second-order valence-electron chi connectivity index (χ2n) is 9.88. The second-order valence-corrected chi connectivity index (χ2v) is 9.88. The molecule has 174 valence electrons. The lowest BCUT2D eigenvalue weighted by Crippen LogP contribution is -2.44. The van der Waals surface area contributed by atoms with E-state index in [9.17, 15) is 5.11 Å². The lowest BCUT2D eigenvalue weighted by Gasteiger charge is -2.34. The molecule has 0 saturated heterocycles. The Kier molecular flexibility index (Phi) is 16.3. The van der Waals surface area contributed by atoms with Crippen molar-refractivity contribution < 1.29 is 5.11 Å². The van der Waals surface area contributed by atoms with Crippen LogP contribution in [0.25, 0.3) is 0 Å². The van der Waals surface area contributed by atoms with E-state index in [-0.39, 0.29) is 6.10 Å². The van der Waals surface area contributed by atoms with Gasteiger partial charge in [0.25, 0.3) is 0 Å². The zero-order valence-electron chi connectivity index (χ0n) is 20.5. The first-order valence-electron chi connectivity index (χ1n) is 13.2. The van der Waals surface area contributed by atoms with Gasteiger partial charge in [0.1, 0.15) is 0 Å². The molecule has 1 rings (SSSR count). The number of aliphatic hydroxyl groups is 1. The topological polar surface area (TPSA) is 26.7 Å². The molecule has 0 spiro atoms. The Morgan fingerprint density at radius 2 is 1.31 bits per heavy atom. The third-order valence-corrected chi connectivity index (χ3v) is 7.08. The summed E-state index contributed by atoms with van der Waals surface area (Å²) in [5, 5.41) is 10.8. The SMILES string of the molecule is CCCCCCC(CCC)N(C)CC(O)CN(C)C1CCCCCCCCCC1. The number of nitrogens with zero attached hydrogens (tertiary/aromatic N) is 2. The number of hydrogen-bond acceptors (Lipinski definition) is 3. The molecule has 0 bridgehead atoms. The average Bonchev–Trinajstić information content (AvgIpc) is 2.75. The number of hydrogen-bond donors (Lipinski definition) is 1. The Bertz CT molecular complexity index is 351. The van der Waals surface area contributed by atoms with E-state index in [0.29, 0.717) is 12.1 Å². The minimum Gasteiger partial charge on any atom is -0.390 e. The predicted octanol–water partition coefficient (Wildman–Crippen LogP) is 6.63. The van der Waals surface area contributed by atoms with Gasteiger partial charge in [0.2, 0.25) is 0 Å². The van der Waals surface area contributed by atoms with E-state index in [4.69, 9.17) is 0 Å². The highest BCUT2D eigenvalue weighted by Crippen LogP contribution is 2.21. The summed E-state index contributed by atoms with van der Waals surface area (Å²) in [6.07, 6.45) is 22.7. The summed E-state index contributed by atoms with van der Waals surface area (Å²) in [6.45, 7) is 6.21. The molecule has 1 saturated carbocycles. The molecule has 3 heteroatoms.